The second-order valence-corrected chi connectivity index (χ2v) is 5.37. The minimum Gasteiger partial charge on any atom is -0.349 e. The average Bonchev–Trinajstić information content (AvgIpc) is 2.42. The fourth-order valence-corrected chi connectivity index (χ4v) is 2.01. The zero-order chi connectivity index (χ0) is 15.0. The van der Waals surface area contributed by atoms with E-state index in [1.165, 1.54) is 12.1 Å². The number of hydrogen-bond acceptors (Lipinski definition) is 2. The first-order chi connectivity index (χ1) is 9.52. The predicted molar refractivity (Wildman–Crippen MR) is 80.0 cm³/mol. The van der Waals surface area contributed by atoms with Crippen LogP contribution in [-0.2, 0) is 4.79 Å². The van der Waals surface area contributed by atoms with Crippen molar-refractivity contribution >= 4 is 5.91 Å². The SMILES string of the molecule is CCCCC(=O)NC(CCN(C)C)c1ccc(F)cc1. The second-order valence-electron chi connectivity index (χ2n) is 5.37. The summed E-state index contributed by atoms with van der Waals surface area (Å²) < 4.78 is 13.0. The third-order valence-electron chi connectivity index (χ3n) is 3.23. The molecule has 0 aliphatic rings. The van der Waals surface area contributed by atoms with E-state index < -0.39 is 0 Å². The van der Waals surface area contributed by atoms with Gasteiger partial charge in [-0.25, -0.2) is 4.39 Å². The Hall–Kier alpha value is -1.42. The molecule has 1 rings (SSSR count). The molecule has 0 aliphatic heterocycles. The van der Waals surface area contributed by atoms with Gasteiger partial charge in [0.25, 0.3) is 0 Å². The molecule has 1 unspecified atom stereocenters. The van der Waals surface area contributed by atoms with Crippen LogP contribution in [0.25, 0.3) is 0 Å². The maximum absolute atomic E-state index is 13.0. The van der Waals surface area contributed by atoms with Gasteiger partial charge in [-0.05, 0) is 51.2 Å². The van der Waals surface area contributed by atoms with E-state index in [0.29, 0.717) is 6.42 Å². The summed E-state index contributed by atoms with van der Waals surface area (Å²) in [5.74, 6) is -0.183. The molecular weight excluding hydrogens is 255 g/mol. The predicted octanol–water partition coefficient (Wildman–Crippen LogP) is 3.12. The van der Waals surface area contributed by atoms with Crippen LogP contribution < -0.4 is 5.32 Å². The van der Waals surface area contributed by atoms with Crippen molar-refractivity contribution in [2.45, 2.75) is 38.6 Å². The molecule has 4 heteroatoms. The van der Waals surface area contributed by atoms with Crippen LogP contribution in [0.3, 0.4) is 0 Å². The largest absolute Gasteiger partial charge is 0.349 e. The van der Waals surface area contributed by atoms with Gasteiger partial charge in [0.1, 0.15) is 5.82 Å². The fourth-order valence-electron chi connectivity index (χ4n) is 2.01. The molecule has 1 aromatic rings. The molecule has 1 amide bonds. The van der Waals surface area contributed by atoms with E-state index in [4.69, 9.17) is 0 Å². The summed E-state index contributed by atoms with van der Waals surface area (Å²) in [7, 11) is 4.00. The molecule has 0 aliphatic carbocycles. The normalized spacial score (nSPS) is 12.4. The highest BCUT2D eigenvalue weighted by atomic mass is 19.1. The number of carbonyl (C=O) groups is 1. The van der Waals surface area contributed by atoms with Crippen molar-refractivity contribution in [3.63, 3.8) is 0 Å². The number of nitrogens with zero attached hydrogens (tertiary/aromatic N) is 1. The summed E-state index contributed by atoms with van der Waals surface area (Å²) in [6.07, 6.45) is 3.27. The average molecular weight is 280 g/mol. The Morgan fingerprint density at radius 3 is 2.50 bits per heavy atom. The Morgan fingerprint density at radius 2 is 1.95 bits per heavy atom. The molecular formula is C16H25FN2O. The Labute approximate surface area is 121 Å². The molecule has 112 valence electrons. The summed E-state index contributed by atoms with van der Waals surface area (Å²) >= 11 is 0. The van der Waals surface area contributed by atoms with Crippen LogP contribution in [0.5, 0.6) is 0 Å². The number of halogens is 1. The zero-order valence-electron chi connectivity index (χ0n) is 12.7. The Kier molecular flexibility index (Phi) is 7.23. The van der Waals surface area contributed by atoms with Gasteiger partial charge in [-0.3, -0.25) is 4.79 Å². The number of carbonyl (C=O) groups excluding carboxylic acids is 1. The monoisotopic (exact) mass is 280 g/mol. The standard InChI is InChI=1S/C16H25FN2O/c1-4-5-6-16(20)18-15(11-12-19(2)3)13-7-9-14(17)10-8-13/h7-10,15H,4-6,11-12H2,1-3H3,(H,18,20). The first-order valence-corrected chi connectivity index (χ1v) is 7.22. The molecule has 0 bridgehead atoms. The Morgan fingerprint density at radius 1 is 1.30 bits per heavy atom. The van der Waals surface area contributed by atoms with E-state index in [0.717, 1.165) is 31.4 Å². The minimum atomic E-state index is -0.252. The lowest BCUT2D eigenvalue weighted by Crippen LogP contribution is -2.30. The van der Waals surface area contributed by atoms with E-state index in [-0.39, 0.29) is 17.8 Å². The third kappa shape index (κ3) is 6.15. The summed E-state index contributed by atoms with van der Waals surface area (Å²) in [6, 6.07) is 6.32. The molecule has 0 heterocycles. The van der Waals surface area contributed by atoms with Crippen LogP contribution in [-0.4, -0.2) is 31.4 Å². The molecule has 0 saturated heterocycles. The molecule has 0 spiro atoms. The number of nitrogens with one attached hydrogen (secondary N) is 1. The molecule has 0 radical (unpaired) electrons. The zero-order valence-corrected chi connectivity index (χ0v) is 12.7. The van der Waals surface area contributed by atoms with Gasteiger partial charge >= 0.3 is 0 Å². The second kappa shape index (κ2) is 8.69. The topological polar surface area (TPSA) is 32.3 Å². The summed E-state index contributed by atoms with van der Waals surface area (Å²) in [4.78, 5) is 14.0. The highest BCUT2D eigenvalue weighted by Crippen LogP contribution is 2.18. The first kappa shape index (κ1) is 16.6. The molecule has 0 saturated carbocycles. The van der Waals surface area contributed by atoms with Crippen molar-refractivity contribution in [3.05, 3.63) is 35.6 Å². The quantitative estimate of drug-likeness (QED) is 0.793. The van der Waals surface area contributed by atoms with Gasteiger partial charge in [0.05, 0.1) is 6.04 Å². The third-order valence-corrected chi connectivity index (χ3v) is 3.23. The van der Waals surface area contributed by atoms with E-state index in [1.54, 1.807) is 12.1 Å². The molecule has 1 atom stereocenters. The van der Waals surface area contributed by atoms with Gasteiger partial charge in [0.15, 0.2) is 0 Å². The summed E-state index contributed by atoms with van der Waals surface area (Å²) in [5, 5.41) is 3.05. The minimum absolute atomic E-state index is 0.0534. The molecule has 1 aromatic carbocycles. The highest BCUT2D eigenvalue weighted by Gasteiger charge is 2.14. The number of rotatable bonds is 8. The van der Waals surface area contributed by atoms with E-state index in [1.807, 2.05) is 14.1 Å². The van der Waals surface area contributed by atoms with E-state index in [9.17, 15) is 9.18 Å². The van der Waals surface area contributed by atoms with Gasteiger partial charge in [0, 0.05) is 6.42 Å². The Balaban J connectivity index is 2.69. The van der Waals surface area contributed by atoms with Crippen LogP contribution in [0.1, 0.15) is 44.2 Å². The van der Waals surface area contributed by atoms with Gasteiger partial charge in [-0.1, -0.05) is 25.5 Å². The van der Waals surface area contributed by atoms with Crippen molar-refractivity contribution in [3.8, 4) is 0 Å². The van der Waals surface area contributed by atoms with Crippen LogP contribution in [0.15, 0.2) is 24.3 Å². The van der Waals surface area contributed by atoms with Gasteiger partial charge in [-0.15, -0.1) is 0 Å². The molecule has 3 nitrogen and oxygen atoms in total. The number of benzene rings is 1. The number of hydrogen-bond donors (Lipinski definition) is 1. The first-order valence-electron chi connectivity index (χ1n) is 7.22. The van der Waals surface area contributed by atoms with Crippen LogP contribution >= 0.6 is 0 Å². The summed E-state index contributed by atoms with van der Waals surface area (Å²) in [5.41, 5.74) is 0.957. The number of unbranched alkanes of at least 4 members (excludes halogenated alkanes) is 1. The summed E-state index contributed by atoms with van der Waals surface area (Å²) in [6.45, 7) is 2.94. The lowest BCUT2D eigenvalue weighted by atomic mass is 10.0. The number of amides is 1. The molecule has 20 heavy (non-hydrogen) atoms. The lowest BCUT2D eigenvalue weighted by molar-refractivity contribution is -0.122. The van der Waals surface area contributed by atoms with Gasteiger partial charge in [-0.2, -0.15) is 0 Å². The lowest BCUT2D eigenvalue weighted by Gasteiger charge is -2.21. The maximum atomic E-state index is 13.0. The molecule has 1 N–H and O–H groups in total. The Bertz CT molecular complexity index is 403. The van der Waals surface area contributed by atoms with E-state index in [2.05, 4.69) is 17.1 Å². The molecule has 0 aromatic heterocycles. The smallest absolute Gasteiger partial charge is 0.220 e. The highest BCUT2D eigenvalue weighted by molar-refractivity contribution is 5.76. The van der Waals surface area contributed by atoms with Crippen molar-refractivity contribution in [2.75, 3.05) is 20.6 Å². The van der Waals surface area contributed by atoms with Crippen LogP contribution in [0.4, 0.5) is 4.39 Å². The van der Waals surface area contributed by atoms with Crippen LogP contribution in [0.2, 0.25) is 0 Å². The van der Waals surface area contributed by atoms with Crippen molar-refractivity contribution in [1.82, 2.24) is 10.2 Å². The van der Waals surface area contributed by atoms with Crippen molar-refractivity contribution in [2.24, 2.45) is 0 Å². The van der Waals surface area contributed by atoms with Crippen molar-refractivity contribution in [1.29, 1.82) is 0 Å². The van der Waals surface area contributed by atoms with Gasteiger partial charge < -0.3 is 10.2 Å². The van der Waals surface area contributed by atoms with Gasteiger partial charge in [0.2, 0.25) is 5.91 Å². The maximum Gasteiger partial charge on any atom is 0.220 e. The van der Waals surface area contributed by atoms with Crippen LogP contribution in [0, 0.1) is 5.82 Å². The van der Waals surface area contributed by atoms with E-state index >= 15 is 0 Å². The molecule has 0 fully saturated rings. The fraction of sp³-hybridized carbons (Fsp3) is 0.562. The van der Waals surface area contributed by atoms with Crippen molar-refractivity contribution < 1.29 is 9.18 Å².